The molecule has 0 bridgehead atoms. The van der Waals surface area contributed by atoms with Gasteiger partial charge in [0.15, 0.2) is 0 Å². The molecular formula is C21H29NO3. The Kier molecular flexibility index (Phi) is 7.29. The van der Waals surface area contributed by atoms with Crippen LogP contribution in [0.1, 0.15) is 25.0 Å². The van der Waals surface area contributed by atoms with Crippen molar-refractivity contribution >= 4 is 0 Å². The molecule has 4 heteroatoms. The summed E-state index contributed by atoms with van der Waals surface area (Å²) in [7, 11) is 1.67. The summed E-state index contributed by atoms with van der Waals surface area (Å²) in [6.07, 6.45) is -0.549. The molecule has 1 unspecified atom stereocenters. The van der Waals surface area contributed by atoms with Gasteiger partial charge in [0.05, 0.1) is 7.11 Å². The van der Waals surface area contributed by atoms with E-state index in [4.69, 9.17) is 9.47 Å². The molecule has 2 aromatic rings. The smallest absolute Gasteiger partial charge is 0.122 e. The molecule has 0 spiro atoms. The van der Waals surface area contributed by atoms with E-state index in [-0.39, 0.29) is 6.61 Å². The zero-order chi connectivity index (χ0) is 18.2. The molecular weight excluding hydrogens is 314 g/mol. The van der Waals surface area contributed by atoms with Gasteiger partial charge in [0, 0.05) is 19.1 Å². The molecule has 4 nitrogen and oxygen atoms in total. The monoisotopic (exact) mass is 343 g/mol. The average molecular weight is 343 g/mol. The van der Waals surface area contributed by atoms with E-state index in [1.54, 1.807) is 7.11 Å². The highest BCUT2D eigenvalue weighted by atomic mass is 16.5. The van der Waals surface area contributed by atoms with Crippen LogP contribution in [0.4, 0.5) is 0 Å². The summed E-state index contributed by atoms with van der Waals surface area (Å²) in [5.74, 6) is 1.68. The normalized spacial score (nSPS) is 12.4. The molecule has 0 heterocycles. The Morgan fingerprint density at radius 3 is 2.52 bits per heavy atom. The zero-order valence-electron chi connectivity index (χ0n) is 15.6. The zero-order valence-corrected chi connectivity index (χ0v) is 15.6. The first-order chi connectivity index (χ1) is 12.0. The number of para-hydroxylation sites is 1. The minimum atomic E-state index is -0.549. The predicted molar refractivity (Wildman–Crippen MR) is 101 cm³/mol. The van der Waals surface area contributed by atoms with E-state index in [1.807, 2.05) is 49.4 Å². The van der Waals surface area contributed by atoms with Crippen LogP contribution < -0.4 is 9.47 Å². The van der Waals surface area contributed by atoms with Crippen molar-refractivity contribution in [2.45, 2.75) is 39.5 Å². The number of hydrogen-bond acceptors (Lipinski definition) is 4. The van der Waals surface area contributed by atoms with E-state index in [0.717, 1.165) is 23.6 Å². The lowest BCUT2D eigenvalue weighted by atomic mass is 10.1. The highest BCUT2D eigenvalue weighted by Gasteiger charge is 2.16. The Labute approximate surface area is 151 Å². The van der Waals surface area contributed by atoms with Crippen LogP contribution in [-0.4, -0.2) is 42.4 Å². The standard InChI is InChI=1S/C21H29NO3/c1-16(2)22(13-18-9-7-10-20(12-18)24-4)14-19(23)15-25-21-11-6-5-8-17(21)3/h5-12,16,19,23H,13-15H2,1-4H3. The Balaban J connectivity index is 1.92. The third-order valence-electron chi connectivity index (χ3n) is 4.22. The summed E-state index contributed by atoms with van der Waals surface area (Å²) in [6.45, 7) is 7.87. The lowest BCUT2D eigenvalue weighted by molar-refractivity contribution is 0.0541. The van der Waals surface area contributed by atoms with Crippen LogP contribution >= 0.6 is 0 Å². The highest BCUT2D eigenvalue weighted by Crippen LogP contribution is 2.18. The number of ether oxygens (including phenoxy) is 2. The lowest BCUT2D eigenvalue weighted by Crippen LogP contribution is -2.39. The van der Waals surface area contributed by atoms with Crippen molar-refractivity contribution in [2.75, 3.05) is 20.3 Å². The summed E-state index contributed by atoms with van der Waals surface area (Å²) in [4.78, 5) is 2.24. The van der Waals surface area contributed by atoms with Crippen LogP contribution in [-0.2, 0) is 6.54 Å². The van der Waals surface area contributed by atoms with Gasteiger partial charge in [0.2, 0.25) is 0 Å². The second-order valence-corrected chi connectivity index (χ2v) is 6.61. The van der Waals surface area contributed by atoms with E-state index in [9.17, 15) is 5.11 Å². The minimum Gasteiger partial charge on any atom is -0.497 e. The Bertz CT molecular complexity index is 657. The maximum Gasteiger partial charge on any atom is 0.122 e. The lowest BCUT2D eigenvalue weighted by Gasteiger charge is -2.29. The second-order valence-electron chi connectivity index (χ2n) is 6.61. The van der Waals surface area contributed by atoms with Gasteiger partial charge in [-0.2, -0.15) is 0 Å². The molecule has 2 rings (SSSR count). The molecule has 0 aliphatic heterocycles. The van der Waals surface area contributed by atoms with Crippen molar-refractivity contribution in [3.63, 3.8) is 0 Å². The van der Waals surface area contributed by atoms with Gasteiger partial charge in [0.25, 0.3) is 0 Å². The molecule has 0 saturated carbocycles. The number of methoxy groups -OCH3 is 1. The van der Waals surface area contributed by atoms with Gasteiger partial charge in [-0.05, 0) is 50.1 Å². The molecule has 0 aliphatic carbocycles. The van der Waals surface area contributed by atoms with E-state index in [0.29, 0.717) is 12.6 Å². The fourth-order valence-electron chi connectivity index (χ4n) is 2.69. The maximum absolute atomic E-state index is 10.4. The third kappa shape index (κ3) is 6.07. The fraction of sp³-hybridized carbons (Fsp3) is 0.429. The first-order valence-corrected chi connectivity index (χ1v) is 8.73. The van der Waals surface area contributed by atoms with E-state index < -0.39 is 6.10 Å². The first kappa shape index (κ1) is 19.3. The fourth-order valence-corrected chi connectivity index (χ4v) is 2.69. The van der Waals surface area contributed by atoms with Gasteiger partial charge in [-0.25, -0.2) is 0 Å². The van der Waals surface area contributed by atoms with E-state index in [2.05, 4.69) is 24.8 Å². The van der Waals surface area contributed by atoms with Crippen molar-refractivity contribution in [1.82, 2.24) is 4.90 Å². The van der Waals surface area contributed by atoms with Crippen LogP contribution in [0.2, 0.25) is 0 Å². The average Bonchev–Trinajstić information content (AvgIpc) is 2.60. The third-order valence-corrected chi connectivity index (χ3v) is 4.22. The number of hydrogen-bond donors (Lipinski definition) is 1. The molecule has 0 amide bonds. The first-order valence-electron chi connectivity index (χ1n) is 8.73. The number of nitrogens with zero attached hydrogens (tertiary/aromatic N) is 1. The SMILES string of the molecule is COc1cccc(CN(CC(O)COc2ccccc2C)C(C)C)c1. The quantitative estimate of drug-likeness (QED) is 0.754. The van der Waals surface area contributed by atoms with Gasteiger partial charge >= 0.3 is 0 Å². The summed E-state index contributed by atoms with van der Waals surface area (Å²) in [5.41, 5.74) is 2.24. The number of aliphatic hydroxyl groups excluding tert-OH is 1. The van der Waals surface area contributed by atoms with Crippen molar-refractivity contribution in [3.05, 3.63) is 59.7 Å². The molecule has 2 aromatic carbocycles. The van der Waals surface area contributed by atoms with Crippen molar-refractivity contribution in [1.29, 1.82) is 0 Å². The number of aliphatic hydroxyl groups is 1. The Morgan fingerprint density at radius 1 is 1.08 bits per heavy atom. The van der Waals surface area contributed by atoms with Crippen molar-refractivity contribution < 1.29 is 14.6 Å². The van der Waals surface area contributed by atoms with Crippen molar-refractivity contribution in [2.24, 2.45) is 0 Å². The molecule has 0 saturated heterocycles. The minimum absolute atomic E-state index is 0.284. The molecule has 0 aromatic heterocycles. The van der Waals surface area contributed by atoms with Gasteiger partial charge < -0.3 is 14.6 Å². The number of rotatable bonds is 9. The summed E-state index contributed by atoms with van der Waals surface area (Å²) in [6, 6.07) is 16.2. The van der Waals surface area contributed by atoms with Crippen LogP contribution in [0.5, 0.6) is 11.5 Å². The van der Waals surface area contributed by atoms with E-state index >= 15 is 0 Å². The number of benzene rings is 2. The second kappa shape index (κ2) is 9.44. The van der Waals surface area contributed by atoms with Crippen LogP contribution in [0.15, 0.2) is 48.5 Å². The van der Waals surface area contributed by atoms with Crippen LogP contribution in [0.25, 0.3) is 0 Å². The Morgan fingerprint density at radius 2 is 1.84 bits per heavy atom. The molecule has 1 atom stereocenters. The van der Waals surface area contributed by atoms with Gasteiger partial charge in [0.1, 0.15) is 24.2 Å². The summed E-state index contributed by atoms with van der Waals surface area (Å²) in [5, 5.41) is 10.4. The molecule has 0 radical (unpaired) electrons. The highest BCUT2D eigenvalue weighted by molar-refractivity contribution is 5.31. The van der Waals surface area contributed by atoms with Gasteiger partial charge in [-0.15, -0.1) is 0 Å². The summed E-state index contributed by atoms with van der Waals surface area (Å²) >= 11 is 0. The molecule has 0 fully saturated rings. The molecule has 136 valence electrons. The number of aryl methyl sites for hydroxylation is 1. The van der Waals surface area contributed by atoms with Crippen LogP contribution in [0, 0.1) is 6.92 Å². The van der Waals surface area contributed by atoms with E-state index in [1.165, 1.54) is 5.56 Å². The predicted octanol–water partition coefficient (Wildman–Crippen LogP) is 3.65. The van der Waals surface area contributed by atoms with Gasteiger partial charge in [-0.3, -0.25) is 4.90 Å². The molecule has 1 N–H and O–H groups in total. The molecule has 0 aliphatic rings. The maximum atomic E-state index is 10.4. The summed E-state index contributed by atoms with van der Waals surface area (Å²) < 4.78 is 11.1. The molecule has 25 heavy (non-hydrogen) atoms. The Hall–Kier alpha value is -2.04. The van der Waals surface area contributed by atoms with Crippen molar-refractivity contribution in [3.8, 4) is 11.5 Å². The van der Waals surface area contributed by atoms with Crippen LogP contribution in [0.3, 0.4) is 0 Å². The largest absolute Gasteiger partial charge is 0.497 e. The topological polar surface area (TPSA) is 41.9 Å². The van der Waals surface area contributed by atoms with Gasteiger partial charge in [-0.1, -0.05) is 30.3 Å².